The number of aryl methyl sites for hydroxylation is 2. The summed E-state index contributed by atoms with van der Waals surface area (Å²) >= 11 is 6.00. The van der Waals surface area contributed by atoms with Crippen molar-refractivity contribution in [1.82, 2.24) is 9.29 Å². The van der Waals surface area contributed by atoms with Gasteiger partial charge in [0.15, 0.2) is 0 Å². The van der Waals surface area contributed by atoms with Crippen molar-refractivity contribution >= 4 is 27.7 Å². The fourth-order valence-electron chi connectivity index (χ4n) is 3.50. The number of pyridine rings is 1. The number of carboxylic acid groups (broad SMARTS) is 1. The molecule has 1 N–H and O–H groups in total. The van der Waals surface area contributed by atoms with Crippen LogP contribution in [0.1, 0.15) is 23.1 Å². The Morgan fingerprint density at radius 2 is 1.80 bits per heavy atom. The molecule has 3 rings (SSSR count). The first-order valence-electron chi connectivity index (χ1n) is 11.8. The van der Waals surface area contributed by atoms with E-state index in [9.17, 15) is 31.5 Å². The SMILES string of the molecule is COCCOc1ccc(CCCN(C(=O)O)S(=O)(=O)c2ccc(C)cc2)c(Oc2ncc(C(F)(F)F)cc2Cl)c1. The second-order valence-corrected chi connectivity index (χ2v) is 10.8. The molecule has 1 heterocycles. The number of hydrogen-bond acceptors (Lipinski definition) is 7. The first-order valence-corrected chi connectivity index (χ1v) is 13.6. The lowest BCUT2D eigenvalue weighted by atomic mass is 10.1. The highest BCUT2D eigenvalue weighted by molar-refractivity contribution is 7.89. The summed E-state index contributed by atoms with van der Waals surface area (Å²) in [5.41, 5.74) is 0.242. The highest BCUT2D eigenvalue weighted by Crippen LogP contribution is 2.36. The molecule has 0 saturated heterocycles. The summed E-state index contributed by atoms with van der Waals surface area (Å²) in [6.07, 6.45) is -5.50. The minimum absolute atomic E-state index is 0.0613. The van der Waals surface area contributed by atoms with Crippen LogP contribution < -0.4 is 9.47 Å². The average molecular weight is 603 g/mol. The maximum absolute atomic E-state index is 13.0. The molecule has 0 aliphatic carbocycles. The van der Waals surface area contributed by atoms with E-state index in [0.717, 1.165) is 5.56 Å². The molecule has 1 amide bonds. The second-order valence-electron chi connectivity index (χ2n) is 8.50. The van der Waals surface area contributed by atoms with E-state index >= 15 is 0 Å². The van der Waals surface area contributed by atoms with Gasteiger partial charge in [0.25, 0.3) is 10.0 Å². The van der Waals surface area contributed by atoms with Crippen LogP contribution in [-0.2, 0) is 27.4 Å². The van der Waals surface area contributed by atoms with E-state index < -0.39 is 27.9 Å². The lowest BCUT2D eigenvalue weighted by Crippen LogP contribution is -2.36. The van der Waals surface area contributed by atoms with Gasteiger partial charge >= 0.3 is 12.3 Å². The number of ether oxygens (including phenoxy) is 3. The van der Waals surface area contributed by atoms with Gasteiger partial charge in [-0.2, -0.15) is 13.2 Å². The third-order valence-electron chi connectivity index (χ3n) is 5.57. The molecule has 0 atom stereocenters. The second kappa shape index (κ2) is 13.2. The number of alkyl halides is 3. The Bertz CT molecular complexity index is 1440. The number of hydrogen-bond donors (Lipinski definition) is 1. The van der Waals surface area contributed by atoms with Crippen LogP contribution in [0.5, 0.6) is 17.4 Å². The molecule has 0 fully saturated rings. The van der Waals surface area contributed by atoms with Crippen LogP contribution in [0, 0.1) is 6.92 Å². The van der Waals surface area contributed by atoms with Gasteiger partial charge in [0, 0.05) is 25.9 Å². The fourth-order valence-corrected chi connectivity index (χ4v) is 5.01. The molecule has 0 saturated carbocycles. The van der Waals surface area contributed by atoms with Crippen LogP contribution in [-0.4, -0.2) is 55.8 Å². The van der Waals surface area contributed by atoms with Gasteiger partial charge in [-0.05, 0) is 49.6 Å². The Morgan fingerprint density at radius 1 is 1.10 bits per heavy atom. The first kappa shape index (κ1) is 31.0. The lowest BCUT2D eigenvalue weighted by molar-refractivity contribution is -0.137. The third kappa shape index (κ3) is 7.99. The number of methoxy groups -OCH3 is 1. The molecule has 14 heteroatoms. The number of amides is 1. The van der Waals surface area contributed by atoms with E-state index in [1.165, 1.54) is 25.3 Å². The summed E-state index contributed by atoms with van der Waals surface area (Å²) in [6, 6.07) is 11.2. The Balaban J connectivity index is 1.83. The highest BCUT2D eigenvalue weighted by Gasteiger charge is 2.32. The predicted molar refractivity (Wildman–Crippen MR) is 140 cm³/mol. The standard InChI is InChI=1S/C26H26ClF3N2O7S/c1-17-5-9-21(10-6-17)40(35,36)32(25(33)34)11-3-4-18-7-8-20(38-13-12-37-2)15-23(18)39-24-22(27)14-19(16-31-24)26(28,29)30/h5-10,14-16H,3-4,11-13H2,1-2H3,(H,33,34). The molecule has 40 heavy (non-hydrogen) atoms. The van der Waals surface area contributed by atoms with E-state index in [-0.39, 0.29) is 47.5 Å². The molecule has 3 aromatic rings. The Labute approximate surface area is 234 Å². The van der Waals surface area contributed by atoms with Crippen LogP contribution in [0.3, 0.4) is 0 Å². The van der Waals surface area contributed by atoms with Gasteiger partial charge in [-0.25, -0.2) is 22.5 Å². The molecule has 2 aromatic carbocycles. The summed E-state index contributed by atoms with van der Waals surface area (Å²) in [5, 5.41) is 9.23. The number of halogens is 4. The van der Waals surface area contributed by atoms with Gasteiger partial charge in [0.2, 0.25) is 5.88 Å². The molecular formula is C26H26ClF3N2O7S. The molecule has 0 aliphatic heterocycles. The zero-order chi connectivity index (χ0) is 29.5. The van der Waals surface area contributed by atoms with Gasteiger partial charge in [-0.3, -0.25) is 0 Å². The van der Waals surface area contributed by atoms with Crippen LogP contribution in [0.2, 0.25) is 5.02 Å². The topological polar surface area (TPSA) is 115 Å². The van der Waals surface area contributed by atoms with Crippen molar-refractivity contribution in [3.05, 3.63) is 76.4 Å². The summed E-state index contributed by atoms with van der Waals surface area (Å²) < 4.78 is 81.5. The fraction of sp³-hybridized carbons (Fsp3) is 0.308. The van der Waals surface area contributed by atoms with Crippen molar-refractivity contribution in [3.8, 4) is 17.4 Å². The van der Waals surface area contributed by atoms with Gasteiger partial charge < -0.3 is 19.3 Å². The maximum Gasteiger partial charge on any atom is 0.421 e. The van der Waals surface area contributed by atoms with Gasteiger partial charge in [-0.1, -0.05) is 35.4 Å². The van der Waals surface area contributed by atoms with Gasteiger partial charge in [0.05, 0.1) is 17.1 Å². The minimum Gasteiger partial charge on any atom is -0.491 e. The van der Waals surface area contributed by atoms with E-state index in [4.69, 9.17) is 25.8 Å². The largest absolute Gasteiger partial charge is 0.491 e. The quantitative estimate of drug-likeness (QED) is 0.244. The summed E-state index contributed by atoms with van der Waals surface area (Å²) in [4.78, 5) is 15.4. The van der Waals surface area contributed by atoms with E-state index in [2.05, 4.69) is 4.98 Å². The third-order valence-corrected chi connectivity index (χ3v) is 7.62. The molecule has 9 nitrogen and oxygen atoms in total. The first-order chi connectivity index (χ1) is 18.8. The summed E-state index contributed by atoms with van der Waals surface area (Å²) in [6.45, 7) is 1.91. The molecule has 0 aliphatic rings. The van der Waals surface area contributed by atoms with Crippen molar-refractivity contribution in [1.29, 1.82) is 0 Å². The molecule has 0 spiro atoms. The Hall–Kier alpha value is -3.55. The molecular weight excluding hydrogens is 577 g/mol. The Morgan fingerprint density at radius 3 is 2.40 bits per heavy atom. The zero-order valence-corrected chi connectivity index (χ0v) is 23.0. The molecule has 0 unspecified atom stereocenters. The van der Waals surface area contributed by atoms with Crippen LogP contribution >= 0.6 is 11.6 Å². The van der Waals surface area contributed by atoms with Crippen LogP contribution in [0.15, 0.2) is 59.6 Å². The monoisotopic (exact) mass is 602 g/mol. The normalized spacial score (nSPS) is 11.8. The number of rotatable bonds is 12. The highest BCUT2D eigenvalue weighted by atomic mass is 35.5. The van der Waals surface area contributed by atoms with Gasteiger partial charge in [-0.15, -0.1) is 0 Å². The Kier molecular flexibility index (Phi) is 10.2. The lowest BCUT2D eigenvalue weighted by Gasteiger charge is -2.20. The molecule has 216 valence electrons. The van der Waals surface area contributed by atoms with Gasteiger partial charge in [0.1, 0.15) is 23.1 Å². The number of carbonyl (C=O) groups is 1. The minimum atomic E-state index is -4.65. The van der Waals surface area contributed by atoms with E-state index in [1.54, 1.807) is 31.2 Å². The average Bonchev–Trinajstić information content (AvgIpc) is 2.88. The van der Waals surface area contributed by atoms with Crippen molar-refractivity contribution in [3.63, 3.8) is 0 Å². The van der Waals surface area contributed by atoms with Crippen molar-refractivity contribution in [2.75, 3.05) is 26.9 Å². The number of nitrogens with zero attached hydrogens (tertiary/aromatic N) is 2. The molecule has 0 radical (unpaired) electrons. The predicted octanol–water partition coefficient (Wildman–Crippen LogP) is 6.18. The van der Waals surface area contributed by atoms with Crippen molar-refractivity contribution in [2.24, 2.45) is 0 Å². The maximum atomic E-state index is 13.0. The number of benzene rings is 2. The zero-order valence-electron chi connectivity index (χ0n) is 21.4. The molecule has 0 bridgehead atoms. The van der Waals surface area contributed by atoms with Crippen LogP contribution in [0.4, 0.5) is 18.0 Å². The summed E-state index contributed by atoms with van der Waals surface area (Å²) in [7, 11) is -2.82. The van der Waals surface area contributed by atoms with Crippen LogP contribution in [0.25, 0.3) is 0 Å². The number of aromatic nitrogens is 1. The summed E-state index contributed by atoms with van der Waals surface area (Å²) in [5.74, 6) is 0.194. The van der Waals surface area contributed by atoms with Crippen molar-refractivity contribution < 1.29 is 45.7 Å². The van der Waals surface area contributed by atoms with E-state index in [1.807, 2.05) is 0 Å². The van der Waals surface area contributed by atoms with E-state index in [0.29, 0.717) is 34.5 Å². The number of sulfonamides is 1. The smallest absolute Gasteiger partial charge is 0.421 e. The van der Waals surface area contributed by atoms with Crippen molar-refractivity contribution in [2.45, 2.75) is 30.8 Å². The molecule has 1 aromatic heterocycles.